The van der Waals surface area contributed by atoms with Crippen LogP contribution in [-0.2, 0) is 10.0 Å². The Hall–Kier alpha value is -1.56. The fraction of sp³-hybridized carbons (Fsp3) is 0.462. The molecule has 0 spiro atoms. The monoisotopic (exact) mass is 281 g/mol. The van der Waals surface area contributed by atoms with Crippen LogP contribution < -0.4 is 0 Å². The van der Waals surface area contributed by atoms with Crippen LogP contribution in [0.15, 0.2) is 35.2 Å². The molecule has 0 saturated carbocycles. The van der Waals surface area contributed by atoms with Crippen molar-refractivity contribution in [2.24, 2.45) is 0 Å². The van der Waals surface area contributed by atoms with Gasteiger partial charge in [-0.2, -0.15) is 0 Å². The zero-order valence-electron chi connectivity index (χ0n) is 11.0. The maximum absolute atomic E-state index is 12.4. The third kappa shape index (κ3) is 2.73. The van der Waals surface area contributed by atoms with E-state index in [1.54, 1.807) is 30.3 Å². The van der Waals surface area contributed by atoms with Gasteiger partial charge in [0.25, 0.3) is 10.0 Å². The van der Waals surface area contributed by atoms with E-state index >= 15 is 0 Å². The Kier molecular flexibility index (Phi) is 4.09. The van der Waals surface area contributed by atoms with Crippen molar-refractivity contribution in [1.29, 1.82) is 5.41 Å². The summed E-state index contributed by atoms with van der Waals surface area (Å²) in [7, 11) is -3.58. The van der Waals surface area contributed by atoms with E-state index in [4.69, 9.17) is 5.41 Å². The maximum Gasteiger partial charge on any atom is 0.266 e. The molecule has 19 heavy (non-hydrogen) atoms. The smallest absolute Gasteiger partial charge is 0.266 e. The SMILES string of the molecule is CCCCN1CCN(S(=O)(=O)c2ccccc2)C1=N. The fourth-order valence-electron chi connectivity index (χ4n) is 2.10. The van der Waals surface area contributed by atoms with Crippen molar-refractivity contribution in [1.82, 2.24) is 9.21 Å². The molecule has 0 amide bonds. The second kappa shape index (κ2) is 5.61. The van der Waals surface area contributed by atoms with Crippen molar-refractivity contribution >= 4 is 16.0 Å². The Labute approximate surface area is 114 Å². The number of hydrogen-bond acceptors (Lipinski definition) is 3. The van der Waals surface area contributed by atoms with Crippen molar-refractivity contribution in [3.8, 4) is 0 Å². The van der Waals surface area contributed by atoms with Gasteiger partial charge in [-0.05, 0) is 18.6 Å². The van der Waals surface area contributed by atoms with Crippen LogP contribution in [-0.4, -0.2) is 43.2 Å². The van der Waals surface area contributed by atoms with Gasteiger partial charge in [-0.25, -0.2) is 12.7 Å². The van der Waals surface area contributed by atoms with Gasteiger partial charge >= 0.3 is 0 Å². The number of nitrogens with one attached hydrogen (secondary N) is 1. The first-order valence-electron chi connectivity index (χ1n) is 6.48. The molecule has 2 rings (SSSR count). The third-order valence-electron chi connectivity index (χ3n) is 3.22. The Morgan fingerprint density at radius 2 is 1.89 bits per heavy atom. The van der Waals surface area contributed by atoms with Crippen LogP contribution in [0.4, 0.5) is 0 Å². The fourth-order valence-corrected chi connectivity index (χ4v) is 3.52. The Morgan fingerprint density at radius 3 is 2.53 bits per heavy atom. The summed E-state index contributed by atoms with van der Waals surface area (Å²) < 4.78 is 26.0. The van der Waals surface area contributed by atoms with Crippen LogP contribution >= 0.6 is 0 Å². The van der Waals surface area contributed by atoms with Crippen LogP contribution in [0.2, 0.25) is 0 Å². The molecule has 1 heterocycles. The molecule has 1 fully saturated rings. The van der Waals surface area contributed by atoms with Crippen LogP contribution in [0.1, 0.15) is 19.8 Å². The molecule has 0 atom stereocenters. The van der Waals surface area contributed by atoms with E-state index in [-0.39, 0.29) is 10.9 Å². The molecule has 0 unspecified atom stereocenters. The van der Waals surface area contributed by atoms with Crippen molar-refractivity contribution in [2.45, 2.75) is 24.7 Å². The number of nitrogens with zero attached hydrogens (tertiary/aromatic N) is 2. The lowest BCUT2D eigenvalue weighted by atomic mass is 10.3. The van der Waals surface area contributed by atoms with E-state index in [1.165, 1.54) is 4.31 Å². The van der Waals surface area contributed by atoms with Gasteiger partial charge in [0.15, 0.2) is 0 Å². The summed E-state index contributed by atoms with van der Waals surface area (Å²) in [6.45, 7) is 3.79. The topological polar surface area (TPSA) is 64.5 Å². The highest BCUT2D eigenvalue weighted by atomic mass is 32.2. The number of guanidine groups is 1. The van der Waals surface area contributed by atoms with E-state index in [2.05, 4.69) is 6.92 Å². The number of benzene rings is 1. The molecular weight excluding hydrogens is 262 g/mol. The van der Waals surface area contributed by atoms with Crippen molar-refractivity contribution in [3.05, 3.63) is 30.3 Å². The second-order valence-corrected chi connectivity index (χ2v) is 6.42. The van der Waals surface area contributed by atoms with Crippen molar-refractivity contribution < 1.29 is 8.42 Å². The summed E-state index contributed by atoms with van der Waals surface area (Å²) in [4.78, 5) is 2.07. The highest BCUT2D eigenvalue weighted by Crippen LogP contribution is 2.20. The molecule has 104 valence electrons. The molecule has 0 aromatic heterocycles. The Bertz CT molecular complexity index is 542. The first kappa shape index (κ1) is 13.9. The van der Waals surface area contributed by atoms with Crippen molar-refractivity contribution in [3.63, 3.8) is 0 Å². The standard InChI is InChI=1S/C13H19N3O2S/c1-2-3-9-15-10-11-16(13(15)14)19(17,18)12-7-5-4-6-8-12/h4-8,14H,2-3,9-11H2,1H3. The summed E-state index contributed by atoms with van der Waals surface area (Å²) in [5.74, 6) is 0.0947. The molecule has 0 radical (unpaired) electrons. The highest BCUT2D eigenvalue weighted by Gasteiger charge is 2.34. The van der Waals surface area contributed by atoms with Crippen LogP contribution in [0.5, 0.6) is 0 Å². The highest BCUT2D eigenvalue weighted by molar-refractivity contribution is 7.89. The molecule has 1 aliphatic rings. The molecule has 6 heteroatoms. The van der Waals surface area contributed by atoms with E-state index < -0.39 is 10.0 Å². The van der Waals surface area contributed by atoms with Gasteiger partial charge in [-0.3, -0.25) is 5.41 Å². The Morgan fingerprint density at radius 1 is 1.21 bits per heavy atom. The van der Waals surface area contributed by atoms with Crippen molar-refractivity contribution in [2.75, 3.05) is 19.6 Å². The first-order valence-corrected chi connectivity index (χ1v) is 7.92. The van der Waals surface area contributed by atoms with E-state index in [9.17, 15) is 8.42 Å². The van der Waals surface area contributed by atoms with Gasteiger partial charge in [-0.15, -0.1) is 0 Å². The number of hydrogen-bond donors (Lipinski definition) is 1. The molecule has 1 aromatic rings. The molecule has 1 aromatic carbocycles. The number of sulfonamides is 1. The van der Waals surface area contributed by atoms with E-state index in [0.717, 1.165) is 19.4 Å². The minimum Gasteiger partial charge on any atom is -0.340 e. The lowest BCUT2D eigenvalue weighted by Crippen LogP contribution is -2.37. The predicted octanol–water partition coefficient (Wildman–Crippen LogP) is 1.73. The predicted molar refractivity (Wildman–Crippen MR) is 74.5 cm³/mol. The Balaban J connectivity index is 2.17. The molecule has 1 N–H and O–H groups in total. The van der Waals surface area contributed by atoms with Crippen LogP contribution in [0.25, 0.3) is 0 Å². The van der Waals surface area contributed by atoms with Gasteiger partial charge in [0.1, 0.15) is 0 Å². The summed E-state index contributed by atoms with van der Waals surface area (Å²) in [5.41, 5.74) is 0. The number of rotatable bonds is 5. The molecule has 1 aliphatic heterocycles. The summed E-state index contributed by atoms with van der Waals surface area (Å²) >= 11 is 0. The zero-order valence-corrected chi connectivity index (χ0v) is 11.9. The summed E-state index contributed by atoms with van der Waals surface area (Å²) in [6.07, 6.45) is 2.01. The summed E-state index contributed by atoms with van der Waals surface area (Å²) in [6, 6.07) is 8.30. The average molecular weight is 281 g/mol. The third-order valence-corrected chi connectivity index (χ3v) is 5.03. The molecular formula is C13H19N3O2S. The van der Waals surface area contributed by atoms with E-state index in [0.29, 0.717) is 13.1 Å². The zero-order chi connectivity index (χ0) is 13.9. The largest absolute Gasteiger partial charge is 0.340 e. The maximum atomic E-state index is 12.4. The minimum atomic E-state index is -3.58. The van der Waals surface area contributed by atoms with Gasteiger partial charge in [0, 0.05) is 13.1 Å². The number of unbranched alkanes of at least 4 members (excludes halogenated alkanes) is 1. The molecule has 1 saturated heterocycles. The van der Waals surface area contributed by atoms with Gasteiger partial charge in [0.2, 0.25) is 5.96 Å². The minimum absolute atomic E-state index is 0.0947. The van der Waals surface area contributed by atoms with Crippen LogP contribution in [0, 0.1) is 5.41 Å². The second-order valence-electron chi connectivity index (χ2n) is 4.55. The quantitative estimate of drug-likeness (QED) is 0.894. The van der Waals surface area contributed by atoms with E-state index in [1.807, 2.05) is 4.90 Å². The first-order chi connectivity index (χ1) is 9.07. The molecule has 0 bridgehead atoms. The van der Waals surface area contributed by atoms with Crippen LogP contribution in [0.3, 0.4) is 0 Å². The lowest BCUT2D eigenvalue weighted by Gasteiger charge is -2.21. The molecule has 5 nitrogen and oxygen atoms in total. The average Bonchev–Trinajstić information content (AvgIpc) is 2.79. The van der Waals surface area contributed by atoms with Gasteiger partial charge < -0.3 is 4.90 Å². The lowest BCUT2D eigenvalue weighted by molar-refractivity contribution is 0.445. The normalized spacial score (nSPS) is 16.2. The summed E-state index contributed by atoms with van der Waals surface area (Å²) in [5, 5.41) is 8.02. The van der Waals surface area contributed by atoms with Gasteiger partial charge in [-0.1, -0.05) is 31.5 Å². The van der Waals surface area contributed by atoms with Gasteiger partial charge in [0.05, 0.1) is 11.4 Å². The molecule has 0 aliphatic carbocycles.